The SMILES string of the molecule is CCc1noc(C(C)Sc2nc(-c3ccccc3)c(-c3ccccc3)o2)n1. The van der Waals surface area contributed by atoms with E-state index in [0.29, 0.717) is 16.9 Å². The third-order valence-electron chi connectivity index (χ3n) is 4.12. The lowest BCUT2D eigenvalue weighted by molar-refractivity contribution is 0.374. The molecule has 0 aliphatic carbocycles. The van der Waals surface area contributed by atoms with E-state index in [0.717, 1.165) is 29.0 Å². The average Bonchev–Trinajstić information content (AvgIpc) is 3.36. The first-order valence-electron chi connectivity index (χ1n) is 8.85. The summed E-state index contributed by atoms with van der Waals surface area (Å²) in [5.74, 6) is 2.05. The molecule has 0 amide bonds. The molecule has 0 spiro atoms. The van der Waals surface area contributed by atoms with Gasteiger partial charge in [-0.1, -0.05) is 84.5 Å². The molecular formula is C21H19N3O2S. The predicted octanol–water partition coefficient (Wildman–Crippen LogP) is 5.81. The standard InChI is InChI=1S/C21H19N3O2S/c1-3-17-22-20(26-24-17)14(2)27-21-23-18(15-10-6-4-7-11-15)19(25-21)16-12-8-5-9-13-16/h4-14H,3H2,1-2H3. The van der Waals surface area contributed by atoms with Crippen molar-refractivity contribution in [2.24, 2.45) is 0 Å². The van der Waals surface area contributed by atoms with Crippen LogP contribution in [0.5, 0.6) is 0 Å². The monoisotopic (exact) mass is 377 g/mol. The summed E-state index contributed by atoms with van der Waals surface area (Å²) < 4.78 is 11.5. The number of rotatable bonds is 6. The van der Waals surface area contributed by atoms with Crippen molar-refractivity contribution in [2.45, 2.75) is 30.7 Å². The van der Waals surface area contributed by atoms with Crippen molar-refractivity contribution >= 4 is 11.8 Å². The van der Waals surface area contributed by atoms with Gasteiger partial charge in [-0.25, -0.2) is 4.98 Å². The zero-order chi connectivity index (χ0) is 18.6. The van der Waals surface area contributed by atoms with Crippen molar-refractivity contribution in [1.29, 1.82) is 0 Å². The van der Waals surface area contributed by atoms with Crippen LogP contribution in [0.15, 0.2) is 74.8 Å². The summed E-state index contributed by atoms with van der Waals surface area (Å²) in [6.07, 6.45) is 0.746. The Balaban J connectivity index is 1.69. The third kappa shape index (κ3) is 3.80. The molecule has 0 saturated heterocycles. The van der Waals surface area contributed by atoms with Gasteiger partial charge in [0.15, 0.2) is 11.6 Å². The van der Waals surface area contributed by atoms with Crippen molar-refractivity contribution in [3.05, 3.63) is 72.4 Å². The van der Waals surface area contributed by atoms with Gasteiger partial charge >= 0.3 is 0 Å². The molecule has 1 unspecified atom stereocenters. The van der Waals surface area contributed by atoms with Crippen molar-refractivity contribution < 1.29 is 8.94 Å². The van der Waals surface area contributed by atoms with Gasteiger partial charge in [-0.15, -0.1) is 0 Å². The molecule has 0 radical (unpaired) electrons. The smallest absolute Gasteiger partial charge is 0.257 e. The molecule has 2 heterocycles. The van der Waals surface area contributed by atoms with Crippen molar-refractivity contribution in [1.82, 2.24) is 15.1 Å². The highest BCUT2D eigenvalue weighted by Gasteiger charge is 2.22. The van der Waals surface area contributed by atoms with Gasteiger partial charge in [0, 0.05) is 17.5 Å². The van der Waals surface area contributed by atoms with Crippen molar-refractivity contribution in [3.63, 3.8) is 0 Å². The van der Waals surface area contributed by atoms with Gasteiger partial charge in [0.05, 0.1) is 5.25 Å². The minimum Gasteiger partial charge on any atom is -0.431 e. The second kappa shape index (κ2) is 7.80. The number of aryl methyl sites for hydroxylation is 1. The molecule has 6 heteroatoms. The van der Waals surface area contributed by atoms with E-state index in [-0.39, 0.29) is 5.25 Å². The van der Waals surface area contributed by atoms with Gasteiger partial charge in [-0.3, -0.25) is 0 Å². The Hall–Kier alpha value is -2.86. The topological polar surface area (TPSA) is 65.0 Å². The molecule has 2 aromatic carbocycles. The van der Waals surface area contributed by atoms with Crippen LogP contribution in [0.3, 0.4) is 0 Å². The first-order valence-corrected chi connectivity index (χ1v) is 9.73. The summed E-state index contributed by atoms with van der Waals surface area (Å²) in [6.45, 7) is 4.00. The lowest BCUT2D eigenvalue weighted by atomic mass is 10.1. The molecule has 4 rings (SSSR count). The maximum Gasteiger partial charge on any atom is 0.257 e. The minimum atomic E-state index is -0.0521. The zero-order valence-corrected chi connectivity index (χ0v) is 15.9. The van der Waals surface area contributed by atoms with E-state index in [1.54, 1.807) is 0 Å². The summed E-state index contributed by atoms with van der Waals surface area (Å²) in [6, 6.07) is 20.1. The Kier molecular flexibility index (Phi) is 5.07. The maximum absolute atomic E-state index is 6.14. The zero-order valence-electron chi connectivity index (χ0n) is 15.1. The van der Waals surface area contributed by atoms with E-state index in [1.807, 2.05) is 74.5 Å². The van der Waals surface area contributed by atoms with Crippen LogP contribution in [0.4, 0.5) is 0 Å². The van der Waals surface area contributed by atoms with Crippen LogP contribution in [0.25, 0.3) is 22.6 Å². The normalized spacial score (nSPS) is 12.2. The quantitative estimate of drug-likeness (QED) is 0.395. The fourth-order valence-corrected chi connectivity index (χ4v) is 3.48. The fraction of sp³-hybridized carbons (Fsp3) is 0.190. The summed E-state index contributed by atoms with van der Waals surface area (Å²) in [5.41, 5.74) is 2.84. The lowest BCUT2D eigenvalue weighted by Crippen LogP contribution is -1.90. The number of thioether (sulfide) groups is 1. The fourth-order valence-electron chi connectivity index (χ4n) is 2.71. The summed E-state index contributed by atoms with van der Waals surface area (Å²) in [5, 5.41) is 4.49. The molecule has 0 N–H and O–H groups in total. The molecule has 0 aliphatic heterocycles. The first-order chi connectivity index (χ1) is 13.2. The van der Waals surface area contributed by atoms with E-state index in [2.05, 4.69) is 10.1 Å². The molecule has 0 saturated carbocycles. The summed E-state index contributed by atoms with van der Waals surface area (Å²) >= 11 is 1.47. The Morgan fingerprint density at radius 3 is 2.22 bits per heavy atom. The van der Waals surface area contributed by atoms with E-state index in [1.165, 1.54) is 11.8 Å². The molecule has 136 valence electrons. The number of benzene rings is 2. The van der Waals surface area contributed by atoms with Crippen molar-refractivity contribution in [3.8, 4) is 22.6 Å². The van der Waals surface area contributed by atoms with E-state index >= 15 is 0 Å². The van der Waals surface area contributed by atoms with Crippen LogP contribution >= 0.6 is 11.8 Å². The highest BCUT2D eigenvalue weighted by molar-refractivity contribution is 7.99. The van der Waals surface area contributed by atoms with Crippen molar-refractivity contribution in [2.75, 3.05) is 0 Å². The first kappa shape index (κ1) is 17.5. The van der Waals surface area contributed by atoms with Gasteiger partial charge in [0.25, 0.3) is 5.22 Å². The molecule has 2 aromatic heterocycles. The molecule has 0 fully saturated rings. The number of hydrogen-bond donors (Lipinski definition) is 0. The molecule has 0 aliphatic rings. The van der Waals surface area contributed by atoms with Gasteiger partial charge in [0.1, 0.15) is 5.69 Å². The van der Waals surface area contributed by atoms with Crippen LogP contribution in [-0.4, -0.2) is 15.1 Å². The highest BCUT2D eigenvalue weighted by Crippen LogP contribution is 2.40. The predicted molar refractivity (Wildman–Crippen MR) is 105 cm³/mol. The molecular weight excluding hydrogens is 358 g/mol. The second-order valence-corrected chi connectivity index (χ2v) is 7.34. The molecule has 27 heavy (non-hydrogen) atoms. The number of hydrogen-bond acceptors (Lipinski definition) is 6. The molecule has 1 atom stereocenters. The molecule has 4 aromatic rings. The lowest BCUT2D eigenvalue weighted by Gasteiger charge is -2.01. The second-order valence-electron chi connectivity index (χ2n) is 6.05. The maximum atomic E-state index is 6.14. The van der Waals surface area contributed by atoms with E-state index in [4.69, 9.17) is 13.9 Å². The van der Waals surface area contributed by atoms with Crippen LogP contribution in [0.2, 0.25) is 0 Å². The Morgan fingerprint density at radius 2 is 1.59 bits per heavy atom. The highest BCUT2D eigenvalue weighted by atomic mass is 32.2. The van der Waals surface area contributed by atoms with Gasteiger partial charge in [-0.2, -0.15) is 4.98 Å². The summed E-state index contributed by atoms with van der Waals surface area (Å²) in [4.78, 5) is 9.16. The average molecular weight is 377 g/mol. The number of aromatic nitrogens is 3. The van der Waals surface area contributed by atoms with Gasteiger partial charge in [-0.05, 0) is 6.92 Å². The van der Waals surface area contributed by atoms with E-state index in [9.17, 15) is 0 Å². The molecule has 0 bridgehead atoms. The Bertz CT molecular complexity index is 955. The van der Waals surface area contributed by atoms with E-state index < -0.39 is 0 Å². The van der Waals surface area contributed by atoms with Crippen LogP contribution in [0.1, 0.15) is 30.8 Å². The molecule has 5 nitrogen and oxygen atoms in total. The van der Waals surface area contributed by atoms with Crippen LogP contribution in [-0.2, 0) is 6.42 Å². The van der Waals surface area contributed by atoms with Crippen LogP contribution in [0, 0.1) is 0 Å². The number of nitrogens with zero attached hydrogens (tertiary/aromatic N) is 3. The number of oxazole rings is 1. The minimum absolute atomic E-state index is 0.0521. The largest absolute Gasteiger partial charge is 0.431 e. The van der Waals surface area contributed by atoms with Crippen LogP contribution < -0.4 is 0 Å². The Morgan fingerprint density at radius 1 is 0.926 bits per heavy atom. The third-order valence-corrected chi connectivity index (χ3v) is 5.05. The Labute approximate surface area is 161 Å². The van der Waals surface area contributed by atoms with Gasteiger partial charge < -0.3 is 8.94 Å². The summed E-state index contributed by atoms with van der Waals surface area (Å²) in [7, 11) is 0. The van der Waals surface area contributed by atoms with Gasteiger partial charge in [0.2, 0.25) is 5.89 Å².